The lowest BCUT2D eigenvalue weighted by Crippen LogP contribution is -2.04. The maximum Gasteiger partial charge on any atom is 0.248 e. The number of rotatable bonds is 2. The van der Waals surface area contributed by atoms with Crippen molar-refractivity contribution < 1.29 is 4.74 Å². The summed E-state index contributed by atoms with van der Waals surface area (Å²) in [5.41, 5.74) is 1.38. The molecule has 16 heavy (non-hydrogen) atoms. The van der Waals surface area contributed by atoms with E-state index in [0.717, 1.165) is 5.56 Å². The first kappa shape index (κ1) is 10.8. The minimum atomic E-state index is -0.144. The summed E-state index contributed by atoms with van der Waals surface area (Å²) in [6.07, 6.45) is 0. The number of hydrogen-bond donors (Lipinski definition) is 1. The zero-order chi connectivity index (χ0) is 11.5. The highest BCUT2D eigenvalue weighted by Crippen LogP contribution is 2.30. The van der Waals surface area contributed by atoms with E-state index in [0.29, 0.717) is 16.5 Å². The van der Waals surface area contributed by atoms with Crippen molar-refractivity contribution >= 4 is 11.6 Å². The van der Waals surface area contributed by atoms with Crippen molar-refractivity contribution in [3.05, 3.63) is 51.8 Å². The van der Waals surface area contributed by atoms with Crippen LogP contribution in [0.5, 0.6) is 5.75 Å². The van der Waals surface area contributed by atoms with E-state index < -0.39 is 0 Å². The SMILES string of the molecule is COc1cc(Cl)ccc1-c1cccc(=O)[nH]1. The fourth-order valence-corrected chi connectivity index (χ4v) is 1.65. The van der Waals surface area contributed by atoms with Crippen LogP contribution in [0.3, 0.4) is 0 Å². The number of halogens is 1. The minimum absolute atomic E-state index is 0.144. The second kappa shape index (κ2) is 4.41. The summed E-state index contributed by atoms with van der Waals surface area (Å²) in [5, 5.41) is 0.596. The molecule has 2 aromatic rings. The molecule has 1 aromatic carbocycles. The van der Waals surface area contributed by atoms with Gasteiger partial charge in [0, 0.05) is 16.7 Å². The molecule has 0 saturated heterocycles. The summed E-state index contributed by atoms with van der Waals surface area (Å²) in [6, 6.07) is 10.3. The highest BCUT2D eigenvalue weighted by molar-refractivity contribution is 6.30. The van der Waals surface area contributed by atoms with E-state index in [1.54, 1.807) is 25.3 Å². The van der Waals surface area contributed by atoms with Crippen molar-refractivity contribution in [1.82, 2.24) is 4.98 Å². The molecule has 4 heteroatoms. The van der Waals surface area contributed by atoms with Crippen molar-refractivity contribution in [3.63, 3.8) is 0 Å². The number of hydrogen-bond acceptors (Lipinski definition) is 2. The Bertz CT molecular complexity index is 563. The third-order valence-corrected chi connectivity index (χ3v) is 2.46. The Labute approximate surface area is 97.7 Å². The van der Waals surface area contributed by atoms with E-state index in [1.165, 1.54) is 6.07 Å². The summed E-state index contributed by atoms with van der Waals surface area (Å²) in [5.74, 6) is 0.634. The van der Waals surface area contributed by atoms with Gasteiger partial charge in [0.2, 0.25) is 5.56 Å². The molecule has 0 unspecified atom stereocenters. The normalized spacial score (nSPS) is 10.1. The fraction of sp³-hybridized carbons (Fsp3) is 0.0833. The predicted octanol–water partition coefficient (Wildman–Crippen LogP) is 2.70. The van der Waals surface area contributed by atoms with Gasteiger partial charge in [-0.25, -0.2) is 0 Å². The third-order valence-electron chi connectivity index (χ3n) is 2.22. The molecule has 1 heterocycles. The first-order valence-corrected chi connectivity index (χ1v) is 5.12. The van der Waals surface area contributed by atoms with Crippen LogP contribution < -0.4 is 10.3 Å². The van der Waals surface area contributed by atoms with Gasteiger partial charge in [0.05, 0.1) is 12.8 Å². The maximum absolute atomic E-state index is 11.2. The van der Waals surface area contributed by atoms with Crippen LogP contribution in [0, 0.1) is 0 Å². The fourth-order valence-electron chi connectivity index (χ4n) is 1.49. The molecule has 0 bridgehead atoms. The van der Waals surface area contributed by atoms with Gasteiger partial charge >= 0.3 is 0 Å². The molecule has 1 aromatic heterocycles. The first-order valence-electron chi connectivity index (χ1n) is 4.74. The van der Waals surface area contributed by atoms with Gasteiger partial charge < -0.3 is 9.72 Å². The quantitative estimate of drug-likeness (QED) is 0.870. The van der Waals surface area contributed by atoms with Crippen molar-refractivity contribution in [2.24, 2.45) is 0 Å². The lowest BCUT2D eigenvalue weighted by Gasteiger charge is -2.08. The Kier molecular flexibility index (Phi) is 2.97. The van der Waals surface area contributed by atoms with Gasteiger partial charge in [0.1, 0.15) is 5.75 Å². The van der Waals surface area contributed by atoms with Gasteiger partial charge in [0.15, 0.2) is 0 Å². The van der Waals surface area contributed by atoms with Gasteiger partial charge in [-0.2, -0.15) is 0 Å². The van der Waals surface area contributed by atoms with E-state index in [2.05, 4.69) is 4.98 Å². The number of aromatic amines is 1. The minimum Gasteiger partial charge on any atom is -0.496 e. The molecule has 3 nitrogen and oxygen atoms in total. The van der Waals surface area contributed by atoms with Gasteiger partial charge in [-0.3, -0.25) is 4.79 Å². The highest BCUT2D eigenvalue weighted by atomic mass is 35.5. The highest BCUT2D eigenvalue weighted by Gasteiger charge is 2.06. The molecule has 2 rings (SSSR count). The molecule has 0 aliphatic carbocycles. The Morgan fingerprint density at radius 2 is 2.06 bits per heavy atom. The number of aromatic nitrogens is 1. The van der Waals surface area contributed by atoms with Crippen molar-refractivity contribution in [2.75, 3.05) is 7.11 Å². The van der Waals surface area contributed by atoms with Crippen LogP contribution in [-0.4, -0.2) is 12.1 Å². The molecular weight excluding hydrogens is 226 g/mol. The van der Waals surface area contributed by atoms with Gasteiger partial charge in [0.25, 0.3) is 0 Å². The molecule has 0 amide bonds. The smallest absolute Gasteiger partial charge is 0.248 e. The number of H-pyrrole nitrogens is 1. The standard InChI is InChI=1S/C12H10ClNO2/c1-16-11-7-8(13)5-6-9(11)10-3-2-4-12(15)14-10/h2-7H,1H3,(H,14,15). The molecule has 0 atom stereocenters. The Balaban J connectivity index is 2.59. The van der Waals surface area contributed by atoms with Crippen LogP contribution in [0.15, 0.2) is 41.2 Å². The zero-order valence-electron chi connectivity index (χ0n) is 8.66. The van der Waals surface area contributed by atoms with E-state index in [1.807, 2.05) is 12.1 Å². The maximum atomic E-state index is 11.2. The molecule has 0 spiro atoms. The van der Waals surface area contributed by atoms with E-state index in [-0.39, 0.29) is 5.56 Å². The monoisotopic (exact) mass is 235 g/mol. The van der Waals surface area contributed by atoms with Gasteiger partial charge in [-0.1, -0.05) is 17.7 Å². The molecule has 0 fully saturated rings. The van der Waals surface area contributed by atoms with Crippen LogP contribution in [0.2, 0.25) is 5.02 Å². The average molecular weight is 236 g/mol. The van der Waals surface area contributed by atoms with Crippen molar-refractivity contribution in [2.45, 2.75) is 0 Å². The van der Waals surface area contributed by atoms with E-state index in [4.69, 9.17) is 16.3 Å². The van der Waals surface area contributed by atoms with Crippen LogP contribution in [0.1, 0.15) is 0 Å². The predicted molar refractivity (Wildman–Crippen MR) is 64.1 cm³/mol. The molecule has 0 saturated carbocycles. The summed E-state index contributed by atoms with van der Waals surface area (Å²) < 4.78 is 5.21. The molecule has 1 N–H and O–H groups in total. The molecule has 0 aliphatic heterocycles. The second-order valence-corrected chi connectivity index (χ2v) is 3.71. The van der Waals surface area contributed by atoms with E-state index >= 15 is 0 Å². The lowest BCUT2D eigenvalue weighted by molar-refractivity contribution is 0.416. The van der Waals surface area contributed by atoms with Crippen LogP contribution >= 0.6 is 11.6 Å². The van der Waals surface area contributed by atoms with Gasteiger partial charge in [-0.05, 0) is 24.3 Å². The zero-order valence-corrected chi connectivity index (χ0v) is 9.41. The van der Waals surface area contributed by atoms with Crippen molar-refractivity contribution in [3.8, 4) is 17.0 Å². The van der Waals surface area contributed by atoms with Crippen molar-refractivity contribution in [1.29, 1.82) is 0 Å². The Hall–Kier alpha value is -1.74. The number of nitrogens with one attached hydrogen (secondary N) is 1. The largest absolute Gasteiger partial charge is 0.496 e. The second-order valence-electron chi connectivity index (χ2n) is 3.27. The number of methoxy groups -OCH3 is 1. The van der Waals surface area contributed by atoms with Gasteiger partial charge in [-0.15, -0.1) is 0 Å². The summed E-state index contributed by atoms with van der Waals surface area (Å²) in [4.78, 5) is 13.9. The average Bonchev–Trinajstić information content (AvgIpc) is 2.28. The van der Waals surface area contributed by atoms with Crippen LogP contribution in [0.4, 0.5) is 0 Å². The summed E-state index contributed by atoms with van der Waals surface area (Å²) in [6.45, 7) is 0. The van der Waals surface area contributed by atoms with Crippen LogP contribution in [-0.2, 0) is 0 Å². The number of ether oxygens (including phenoxy) is 1. The number of pyridine rings is 1. The Morgan fingerprint density at radius 1 is 1.25 bits per heavy atom. The summed E-state index contributed by atoms with van der Waals surface area (Å²) in [7, 11) is 1.57. The lowest BCUT2D eigenvalue weighted by atomic mass is 10.1. The van der Waals surface area contributed by atoms with E-state index in [9.17, 15) is 4.79 Å². The molecule has 0 radical (unpaired) electrons. The Morgan fingerprint density at radius 3 is 2.75 bits per heavy atom. The first-order chi connectivity index (χ1) is 7.70. The number of benzene rings is 1. The molecular formula is C12H10ClNO2. The summed E-state index contributed by atoms with van der Waals surface area (Å²) >= 11 is 5.86. The molecule has 0 aliphatic rings. The van der Waals surface area contributed by atoms with Crippen LogP contribution in [0.25, 0.3) is 11.3 Å². The molecule has 82 valence electrons. The third kappa shape index (κ3) is 2.09. The topological polar surface area (TPSA) is 42.1 Å².